The lowest BCUT2D eigenvalue weighted by atomic mass is 10.2. The van der Waals surface area contributed by atoms with Crippen molar-refractivity contribution in [3.05, 3.63) is 61.1 Å². The van der Waals surface area contributed by atoms with Crippen LogP contribution in [0.4, 0.5) is 11.5 Å². The number of aromatic nitrogens is 4. The van der Waals surface area contributed by atoms with E-state index in [4.69, 9.17) is 5.73 Å². The zero-order chi connectivity index (χ0) is 14.7. The molecule has 0 saturated heterocycles. The van der Waals surface area contributed by atoms with Gasteiger partial charge in [-0.2, -0.15) is 5.10 Å². The Kier molecular flexibility index (Phi) is 3.34. The molecule has 0 atom stereocenters. The highest BCUT2D eigenvalue weighted by Crippen LogP contribution is 2.22. The maximum atomic E-state index is 5.90. The Bertz CT molecular complexity index is 749. The number of benzene rings is 1. The van der Waals surface area contributed by atoms with Gasteiger partial charge in [0.2, 0.25) is 0 Å². The number of nitrogen functional groups attached to an aromatic ring is 1. The summed E-state index contributed by atoms with van der Waals surface area (Å²) in [5, 5.41) is 9.92. The fourth-order valence-corrected chi connectivity index (χ4v) is 1.90. The Morgan fingerprint density at radius 2 is 2.00 bits per heavy atom. The third-order valence-corrected chi connectivity index (χ3v) is 2.93. The van der Waals surface area contributed by atoms with E-state index in [1.54, 1.807) is 12.4 Å². The summed E-state index contributed by atoms with van der Waals surface area (Å²) in [6.45, 7) is 3.98. The van der Waals surface area contributed by atoms with Crippen molar-refractivity contribution in [3.63, 3.8) is 0 Å². The first-order chi connectivity index (χ1) is 10.2. The van der Waals surface area contributed by atoms with Gasteiger partial charge in [-0.15, -0.1) is 0 Å². The lowest BCUT2D eigenvalue weighted by Crippen LogP contribution is -2.06. The van der Waals surface area contributed by atoms with E-state index < -0.39 is 0 Å². The first kappa shape index (κ1) is 12.9. The van der Waals surface area contributed by atoms with Gasteiger partial charge in [0.25, 0.3) is 0 Å². The van der Waals surface area contributed by atoms with Crippen molar-refractivity contribution in [1.82, 2.24) is 20.2 Å². The molecule has 0 amide bonds. The topological polar surface area (TPSA) is 92.5 Å². The van der Waals surface area contributed by atoms with E-state index in [1.807, 2.05) is 36.4 Å². The van der Waals surface area contributed by atoms with Gasteiger partial charge in [0.05, 0.1) is 17.6 Å². The molecular weight excluding hydrogens is 264 g/mol. The molecule has 0 spiro atoms. The summed E-state index contributed by atoms with van der Waals surface area (Å²) in [6, 6.07) is 11.5. The molecule has 6 nitrogen and oxygen atoms in total. The van der Waals surface area contributed by atoms with Gasteiger partial charge in [-0.05, 0) is 18.2 Å². The van der Waals surface area contributed by atoms with Gasteiger partial charge >= 0.3 is 0 Å². The second kappa shape index (κ2) is 5.46. The van der Waals surface area contributed by atoms with Crippen LogP contribution in [0, 0.1) is 0 Å². The predicted octanol–water partition coefficient (Wildman–Crippen LogP) is 2.53. The van der Waals surface area contributed by atoms with Crippen molar-refractivity contribution >= 4 is 17.2 Å². The zero-order valence-corrected chi connectivity index (χ0v) is 11.2. The Balaban J connectivity index is 1.91. The van der Waals surface area contributed by atoms with Gasteiger partial charge in [0.1, 0.15) is 11.4 Å². The van der Waals surface area contributed by atoms with Crippen molar-refractivity contribution < 1.29 is 0 Å². The number of nitrogens with two attached hydrogens (primary N) is 1. The number of anilines is 2. The number of rotatable bonds is 4. The van der Waals surface area contributed by atoms with Gasteiger partial charge in [-0.3, -0.25) is 5.10 Å². The third-order valence-electron chi connectivity index (χ3n) is 2.93. The molecule has 0 aliphatic carbocycles. The van der Waals surface area contributed by atoms with Crippen LogP contribution in [0.2, 0.25) is 0 Å². The summed E-state index contributed by atoms with van der Waals surface area (Å²) < 4.78 is 0. The second-order valence-electron chi connectivity index (χ2n) is 4.43. The fraction of sp³-hybridized carbons (Fsp3) is 0. The van der Waals surface area contributed by atoms with E-state index >= 15 is 0 Å². The Morgan fingerprint density at radius 1 is 1.19 bits per heavy atom. The summed E-state index contributed by atoms with van der Waals surface area (Å²) in [4.78, 5) is 8.65. The van der Waals surface area contributed by atoms with Crippen LogP contribution in [0.3, 0.4) is 0 Å². The zero-order valence-electron chi connectivity index (χ0n) is 11.2. The van der Waals surface area contributed by atoms with Gasteiger partial charge < -0.3 is 11.1 Å². The SMILES string of the molecule is C=C(Nc1ccccc1)c1nc(-c2ccn[nH]2)cnc1N. The predicted molar refractivity (Wildman–Crippen MR) is 83.1 cm³/mol. The van der Waals surface area contributed by atoms with Crippen LogP contribution >= 0.6 is 0 Å². The van der Waals surface area contributed by atoms with Crippen LogP contribution in [0.5, 0.6) is 0 Å². The van der Waals surface area contributed by atoms with Crippen LogP contribution in [-0.2, 0) is 0 Å². The first-order valence-corrected chi connectivity index (χ1v) is 6.37. The monoisotopic (exact) mass is 278 g/mol. The van der Waals surface area contributed by atoms with E-state index in [0.29, 0.717) is 22.9 Å². The molecule has 0 bridgehead atoms. The number of para-hydroxylation sites is 1. The maximum Gasteiger partial charge on any atom is 0.151 e. The Labute approximate surface area is 121 Å². The summed E-state index contributed by atoms with van der Waals surface area (Å²) in [7, 11) is 0. The van der Waals surface area contributed by atoms with Gasteiger partial charge in [0.15, 0.2) is 5.82 Å². The molecule has 2 heterocycles. The van der Waals surface area contributed by atoms with E-state index in [9.17, 15) is 0 Å². The van der Waals surface area contributed by atoms with Crippen LogP contribution in [0.25, 0.3) is 17.1 Å². The van der Waals surface area contributed by atoms with Gasteiger partial charge in [-0.25, -0.2) is 9.97 Å². The summed E-state index contributed by atoms with van der Waals surface area (Å²) in [5.41, 5.74) is 9.35. The lowest BCUT2D eigenvalue weighted by molar-refractivity contribution is 1.08. The average Bonchev–Trinajstić information content (AvgIpc) is 3.03. The van der Waals surface area contributed by atoms with Crippen LogP contribution < -0.4 is 11.1 Å². The number of hydrogen-bond donors (Lipinski definition) is 3. The quantitative estimate of drug-likeness (QED) is 0.682. The van der Waals surface area contributed by atoms with Crippen molar-refractivity contribution in [3.8, 4) is 11.4 Å². The van der Waals surface area contributed by atoms with Gasteiger partial charge in [0, 0.05) is 11.9 Å². The number of H-pyrrole nitrogens is 1. The minimum atomic E-state index is 0.326. The molecule has 0 radical (unpaired) electrons. The van der Waals surface area contributed by atoms with Crippen molar-refractivity contribution in [2.24, 2.45) is 0 Å². The molecule has 104 valence electrons. The van der Waals surface area contributed by atoms with Crippen molar-refractivity contribution in [1.29, 1.82) is 0 Å². The molecule has 21 heavy (non-hydrogen) atoms. The molecule has 0 unspecified atom stereocenters. The third kappa shape index (κ3) is 2.74. The first-order valence-electron chi connectivity index (χ1n) is 6.37. The number of hydrogen-bond acceptors (Lipinski definition) is 5. The highest BCUT2D eigenvalue weighted by atomic mass is 15.1. The molecule has 3 rings (SSSR count). The minimum Gasteiger partial charge on any atom is -0.382 e. The van der Waals surface area contributed by atoms with E-state index in [-0.39, 0.29) is 0 Å². The molecule has 1 aromatic carbocycles. The number of nitrogens with one attached hydrogen (secondary N) is 2. The molecule has 0 aliphatic heterocycles. The summed E-state index contributed by atoms with van der Waals surface area (Å²) in [6.07, 6.45) is 3.26. The number of aromatic amines is 1. The highest BCUT2D eigenvalue weighted by Gasteiger charge is 2.10. The smallest absolute Gasteiger partial charge is 0.151 e. The maximum absolute atomic E-state index is 5.90. The van der Waals surface area contributed by atoms with E-state index in [2.05, 4.69) is 32.1 Å². The summed E-state index contributed by atoms with van der Waals surface area (Å²) >= 11 is 0. The molecular formula is C15H14N6. The van der Waals surface area contributed by atoms with Crippen molar-refractivity contribution in [2.45, 2.75) is 0 Å². The molecule has 0 aliphatic rings. The minimum absolute atomic E-state index is 0.326. The molecule has 2 aromatic heterocycles. The van der Waals surface area contributed by atoms with Gasteiger partial charge in [-0.1, -0.05) is 24.8 Å². The molecule has 3 aromatic rings. The lowest BCUT2D eigenvalue weighted by Gasteiger charge is -2.11. The normalized spacial score (nSPS) is 10.3. The van der Waals surface area contributed by atoms with Crippen molar-refractivity contribution in [2.75, 3.05) is 11.1 Å². The second-order valence-corrected chi connectivity index (χ2v) is 4.43. The van der Waals surface area contributed by atoms with Crippen LogP contribution in [0.15, 0.2) is 55.4 Å². The standard InChI is InChI=1S/C15H14N6/c1-10(19-11-5-3-2-4-6-11)14-15(16)17-9-13(20-14)12-7-8-18-21-12/h2-9,19H,1H2,(H2,16,17)(H,18,21). The highest BCUT2D eigenvalue weighted by molar-refractivity contribution is 5.78. The molecule has 4 N–H and O–H groups in total. The van der Waals surface area contributed by atoms with E-state index in [1.165, 1.54) is 0 Å². The van der Waals surface area contributed by atoms with Crippen LogP contribution in [-0.4, -0.2) is 20.2 Å². The van der Waals surface area contributed by atoms with Crippen LogP contribution in [0.1, 0.15) is 5.69 Å². The molecule has 6 heteroatoms. The average molecular weight is 278 g/mol. The number of nitrogens with zero attached hydrogens (tertiary/aromatic N) is 3. The fourth-order valence-electron chi connectivity index (χ4n) is 1.90. The Hall–Kier alpha value is -3.15. The summed E-state index contributed by atoms with van der Waals surface area (Å²) in [5.74, 6) is 0.326. The molecule has 0 saturated carbocycles. The molecule has 0 fully saturated rings. The Morgan fingerprint density at radius 3 is 2.71 bits per heavy atom. The van der Waals surface area contributed by atoms with E-state index in [0.717, 1.165) is 11.4 Å². The largest absolute Gasteiger partial charge is 0.382 e.